The van der Waals surface area contributed by atoms with Gasteiger partial charge in [-0.05, 0) is 42.0 Å². The maximum Gasteiger partial charge on any atom is 0.236 e. The van der Waals surface area contributed by atoms with E-state index < -0.39 is 0 Å². The molecule has 0 bridgehead atoms. The molecule has 2 aromatic carbocycles. The highest BCUT2D eigenvalue weighted by Gasteiger charge is 2.27. The zero-order valence-corrected chi connectivity index (χ0v) is 22.5. The Labute approximate surface area is 241 Å². The first-order valence-electron chi connectivity index (χ1n) is 13.5. The number of likely N-dealkylation sites (tertiary alicyclic amines) is 1. The molecule has 204 valence electrons. The van der Waals surface area contributed by atoms with Crippen LogP contribution in [-0.4, -0.2) is 58.5 Å². The minimum atomic E-state index is 0.107. The van der Waals surface area contributed by atoms with E-state index in [2.05, 4.69) is 54.4 Å². The zero-order chi connectivity index (χ0) is 28.5. The van der Waals surface area contributed by atoms with Gasteiger partial charge in [-0.15, -0.1) is 0 Å². The molecule has 0 aliphatic carbocycles. The van der Waals surface area contributed by atoms with Gasteiger partial charge in [0.05, 0.1) is 17.3 Å². The second kappa shape index (κ2) is 10.7. The highest BCUT2D eigenvalue weighted by molar-refractivity contribution is 5.84. The van der Waals surface area contributed by atoms with E-state index in [1.165, 1.54) is 11.9 Å². The number of imidazole rings is 1. The number of nitriles is 1. The van der Waals surface area contributed by atoms with E-state index in [1.54, 1.807) is 6.20 Å². The molecule has 1 saturated heterocycles. The number of rotatable bonds is 7. The molecule has 11 heteroatoms. The van der Waals surface area contributed by atoms with Crippen molar-refractivity contribution in [2.75, 3.05) is 24.1 Å². The minimum absolute atomic E-state index is 0.107. The van der Waals surface area contributed by atoms with Crippen molar-refractivity contribution in [3.05, 3.63) is 103 Å². The second-order valence-electron chi connectivity index (χ2n) is 10.1. The Balaban J connectivity index is 1.15. The Hall–Kier alpha value is -5.73. The van der Waals surface area contributed by atoms with E-state index in [1.807, 2.05) is 65.2 Å². The van der Waals surface area contributed by atoms with Crippen LogP contribution in [0.2, 0.25) is 0 Å². The summed E-state index contributed by atoms with van der Waals surface area (Å²) in [6.07, 6.45) is 3.03. The zero-order valence-electron chi connectivity index (χ0n) is 22.5. The second-order valence-corrected chi connectivity index (χ2v) is 10.1. The average molecular weight is 552 g/mol. The monoisotopic (exact) mass is 551 g/mol. The summed E-state index contributed by atoms with van der Waals surface area (Å²) in [6, 6.07) is 28.5. The van der Waals surface area contributed by atoms with Crippen molar-refractivity contribution in [3.8, 4) is 34.4 Å². The summed E-state index contributed by atoms with van der Waals surface area (Å²) in [6.45, 7) is 2.50. The topological polar surface area (TPSA) is 147 Å². The van der Waals surface area contributed by atoms with Crippen molar-refractivity contribution in [2.45, 2.75) is 12.6 Å². The van der Waals surface area contributed by atoms with E-state index in [0.717, 1.165) is 53.3 Å². The van der Waals surface area contributed by atoms with Crippen LogP contribution in [0.3, 0.4) is 0 Å². The summed E-state index contributed by atoms with van der Waals surface area (Å²) in [4.78, 5) is 28.6. The number of nitrogens with one attached hydrogen (secondary N) is 1. The number of hydrogen-bond acceptors (Lipinski definition) is 10. The molecule has 0 saturated carbocycles. The molecular formula is C31H25N11. The Bertz CT molecular complexity index is 1920. The number of fused-ring (bicyclic) bond motifs is 1. The summed E-state index contributed by atoms with van der Waals surface area (Å²) in [5.74, 6) is 1.64. The van der Waals surface area contributed by atoms with E-state index in [-0.39, 0.29) is 11.9 Å². The lowest BCUT2D eigenvalue weighted by Gasteiger charge is -2.39. The summed E-state index contributed by atoms with van der Waals surface area (Å²) in [5, 5.41) is 12.3. The first-order chi connectivity index (χ1) is 20.6. The van der Waals surface area contributed by atoms with Crippen LogP contribution in [0.5, 0.6) is 0 Å². The van der Waals surface area contributed by atoms with Crippen molar-refractivity contribution >= 4 is 22.9 Å². The molecule has 0 amide bonds. The number of nitrogens with two attached hydrogens (primary N) is 1. The number of nitrogens with zero attached hydrogens (tertiary/aromatic N) is 9. The maximum absolute atomic E-state index is 8.99. The van der Waals surface area contributed by atoms with Crippen LogP contribution in [-0.2, 0) is 6.54 Å². The smallest absolute Gasteiger partial charge is 0.236 e. The van der Waals surface area contributed by atoms with Gasteiger partial charge in [0.2, 0.25) is 11.8 Å². The molecule has 3 N–H and O–H groups in total. The van der Waals surface area contributed by atoms with Gasteiger partial charge in [-0.1, -0.05) is 42.5 Å². The molecule has 1 aliphatic rings. The van der Waals surface area contributed by atoms with E-state index in [0.29, 0.717) is 17.6 Å². The van der Waals surface area contributed by atoms with Crippen molar-refractivity contribution in [1.82, 2.24) is 39.4 Å². The number of nitrogen functional groups attached to an aromatic ring is 1. The summed E-state index contributed by atoms with van der Waals surface area (Å²) in [5.41, 5.74) is 12.6. The Morgan fingerprint density at radius 2 is 1.71 bits per heavy atom. The van der Waals surface area contributed by atoms with Crippen molar-refractivity contribution in [1.29, 1.82) is 5.26 Å². The van der Waals surface area contributed by atoms with Gasteiger partial charge in [-0.3, -0.25) is 9.47 Å². The lowest BCUT2D eigenvalue weighted by atomic mass is 10.1. The standard InChI is InChI=1S/C31H25N11/c32-15-27-35-19-36-31(40-27)37-22-17-41(18-22)16-20-8-10-23(11-9-20)42-29(24-7-4-14-34-28(24)33)39-26-13-12-25(38-30(26)42)21-5-2-1-3-6-21/h1-14,19,22H,16-18H2,(H2,33,34)(H,35,36,37,40). The van der Waals surface area contributed by atoms with Crippen LogP contribution in [0.1, 0.15) is 11.4 Å². The highest BCUT2D eigenvalue weighted by Crippen LogP contribution is 2.32. The third-order valence-corrected chi connectivity index (χ3v) is 7.22. The van der Waals surface area contributed by atoms with Gasteiger partial charge in [0.15, 0.2) is 11.5 Å². The molecule has 0 spiro atoms. The molecule has 4 aromatic heterocycles. The minimum Gasteiger partial charge on any atom is -0.383 e. The van der Waals surface area contributed by atoms with Gasteiger partial charge in [-0.25, -0.2) is 24.9 Å². The summed E-state index contributed by atoms with van der Waals surface area (Å²) >= 11 is 0. The molecule has 5 heterocycles. The van der Waals surface area contributed by atoms with E-state index >= 15 is 0 Å². The molecular weight excluding hydrogens is 526 g/mol. The predicted octanol–water partition coefficient (Wildman–Crippen LogP) is 4.08. The number of aromatic nitrogens is 7. The van der Waals surface area contributed by atoms with Crippen molar-refractivity contribution < 1.29 is 0 Å². The third kappa shape index (κ3) is 4.87. The van der Waals surface area contributed by atoms with Gasteiger partial charge in [-0.2, -0.15) is 10.2 Å². The summed E-state index contributed by atoms with van der Waals surface area (Å²) < 4.78 is 2.05. The van der Waals surface area contributed by atoms with Crippen LogP contribution in [0.15, 0.2) is 91.4 Å². The maximum atomic E-state index is 8.99. The normalized spacial score (nSPS) is 13.5. The van der Waals surface area contributed by atoms with Crippen LogP contribution < -0.4 is 11.1 Å². The fraction of sp³-hybridized carbons (Fsp3) is 0.129. The molecule has 0 unspecified atom stereocenters. The van der Waals surface area contributed by atoms with Gasteiger partial charge in [0.1, 0.15) is 23.7 Å². The SMILES string of the molecule is N#Cc1ncnc(NC2CN(Cc3ccc(-n4c(-c5cccnc5N)nc5ccc(-c6ccccc6)nc54)cc3)C2)n1. The molecule has 42 heavy (non-hydrogen) atoms. The van der Waals surface area contributed by atoms with Crippen LogP contribution in [0, 0.1) is 11.3 Å². The molecule has 0 atom stereocenters. The number of pyridine rings is 2. The van der Waals surface area contributed by atoms with Crippen LogP contribution >= 0.6 is 0 Å². The molecule has 6 aromatic rings. The molecule has 11 nitrogen and oxygen atoms in total. The van der Waals surface area contributed by atoms with Gasteiger partial charge >= 0.3 is 0 Å². The fourth-order valence-electron chi connectivity index (χ4n) is 5.16. The van der Waals surface area contributed by atoms with E-state index in [9.17, 15) is 0 Å². The molecule has 1 aliphatic heterocycles. The van der Waals surface area contributed by atoms with Crippen LogP contribution in [0.4, 0.5) is 11.8 Å². The molecule has 7 rings (SSSR count). The predicted molar refractivity (Wildman–Crippen MR) is 159 cm³/mol. The third-order valence-electron chi connectivity index (χ3n) is 7.22. The molecule has 0 radical (unpaired) electrons. The van der Waals surface area contributed by atoms with Crippen molar-refractivity contribution in [3.63, 3.8) is 0 Å². The number of hydrogen-bond donors (Lipinski definition) is 2. The molecule has 1 fully saturated rings. The van der Waals surface area contributed by atoms with Gasteiger partial charge in [0, 0.05) is 37.1 Å². The first-order valence-corrected chi connectivity index (χ1v) is 13.5. The lowest BCUT2D eigenvalue weighted by molar-refractivity contribution is 0.152. The highest BCUT2D eigenvalue weighted by atomic mass is 15.3. The van der Waals surface area contributed by atoms with E-state index in [4.69, 9.17) is 21.0 Å². The average Bonchev–Trinajstić information content (AvgIpc) is 3.39. The Morgan fingerprint density at radius 1 is 0.881 bits per heavy atom. The lowest BCUT2D eigenvalue weighted by Crippen LogP contribution is -2.54. The Kier molecular flexibility index (Phi) is 6.42. The van der Waals surface area contributed by atoms with Crippen molar-refractivity contribution in [2.24, 2.45) is 0 Å². The first kappa shape index (κ1) is 25.3. The number of benzene rings is 2. The quantitative estimate of drug-likeness (QED) is 0.297. The van der Waals surface area contributed by atoms with Gasteiger partial charge in [0.25, 0.3) is 0 Å². The van der Waals surface area contributed by atoms with Gasteiger partial charge < -0.3 is 11.1 Å². The summed E-state index contributed by atoms with van der Waals surface area (Å²) in [7, 11) is 0. The Morgan fingerprint density at radius 3 is 2.50 bits per heavy atom. The fourth-order valence-corrected chi connectivity index (χ4v) is 5.16. The number of anilines is 2. The van der Waals surface area contributed by atoms with Crippen LogP contribution in [0.25, 0.3) is 39.5 Å². The largest absolute Gasteiger partial charge is 0.383 e.